The number of nitrogens with one attached hydrogen (secondary N) is 3. The molecule has 1 aromatic heterocycles. The minimum Gasteiger partial charge on any atom is -0.306 e. The first-order valence-electron chi connectivity index (χ1n) is 6.94. The zero-order chi connectivity index (χ0) is 16.3. The molecule has 9 heteroatoms. The Balaban J connectivity index is 1.83. The molecule has 2 aliphatic rings. The van der Waals surface area contributed by atoms with Gasteiger partial charge in [0, 0.05) is 6.42 Å². The number of carbonyl (C=O) groups is 4. The van der Waals surface area contributed by atoms with E-state index in [-0.39, 0.29) is 29.5 Å². The second-order valence-corrected chi connectivity index (χ2v) is 5.44. The molecule has 2 aliphatic heterocycles. The number of imidazole rings is 1. The average molecular weight is 314 g/mol. The fourth-order valence-electron chi connectivity index (χ4n) is 3.06. The van der Waals surface area contributed by atoms with E-state index in [4.69, 9.17) is 0 Å². The summed E-state index contributed by atoms with van der Waals surface area (Å²) in [6, 6.07) is 1.93. The van der Waals surface area contributed by atoms with Crippen molar-refractivity contribution in [1.29, 1.82) is 0 Å². The number of hydrogen-bond acceptors (Lipinski definition) is 5. The van der Waals surface area contributed by atoms with Crippen molar-refractivity contribution in [2.24, 2.45) is 0 Å². The van der Waals surface area contributed by atoms with E-state index in [2.05, 4.69) is 15.3 Å². The standard InChI is InChI=1S/C14H10N4O5/c19-8-4-3-7(11(20)16-8)18-12(21)5-1-2-6-10(9(5)13(18)22)17-14(23)15-6/h1-2,7H,3-4H2,(H2,15,17,23)(H,16,19,20). The fraction of sp³-hybridized carbons (Fsp3) is 0.214. The maximum Gasteiger partial charge on any atom is 0.323 e. The Morgan fingerprint density at radius 1 is 1.00 bits per heavy atom. The molecule has 4 amide bonds. The lowest BCUT2D eigenvalue weighted by Gasteiger charge is -2.27. The van der Waals surface area contributed by atoms with E-state index in [9.17, 15) is 24.0 Å². The molecule has 0 radical (unpaired) electrons. The Labute approximate surface area is 127 Å². The van der Waals surface area contributed by atoms with Crippen LogP contribution in [-0.2, 0) is 9.59 Å². The van der Waals surface area contributed by atoms with Crippen LogP contribution in [0.3, 0.4) is 0 Å². The summed E-state index contributed by atoms with van der Waals surface area (Å²) >= 11 is 0. The topological polar surface area (TPSA) is 132 Å². The minimum absolute atomic E-state index is 0.0558. The van der Waals surface area contributed by atoms with Crippen LogP contribution in [0.4, 0.5) is 0 Å². The Kier molecular flexibility index (Phi) is 2.56. The Bertz CT molecular complexity index is 969. The van der Waals surface area contributed by atoms with E-state index < -0.39 is 35.4 Å². The molecule has 1 atom stereocenters. The Morgan fingerprint density at radius 2 is 1.78 bits per heavy atom. The molecule has 1 fully saturated rings. The molecule has 116 valence electrons. The quantitative estimate of drug-likeness (QED) is 0.596. The predicted octanol–water partition coefficient (Wildman–Crippen LogP) is -0.743. The number of piperidine rings is 1. The molecule has 0 aliphatic carbocycles. The van der Waals surface area contributed by atoms with E-state index in [1.807, 2.05) is 0 Å². The van der Waals surface area contributed by atoms with Crippen molar-refractivity contribution in [1.82, 2.24) is 20.2 Å². The van der Waals surface area contributed by atoms with Crippen molar-refractivity contribution >= 4 is 34.7 Å². The van der Waals surface area contributed by atoms with Gasteiger partial charge in [0.1, 0.15) is 6.04 Å². The number of aromatic amines is 2. The number of imide groups is 2. The number of H-pyrrole nitrogens is 2. The van der Waals surface area contributed by atoms with Gasteiger partial charge >= 0.3 is 5.69 Å². The van der Waals surface area contributed by atoms with E-state index in [0.29, 0.717) is 5.52 Å². The van der Waals surface area contributed by atoms with Crippen LogP contribution in [0.25, 0.3) is 11.0 Å². The summed E-state index contributed by atoms with van der Waals surface area (Å²) < 4.78 is 0. The van der Waals surface area contributed by atoms with Crippen LogP contribution < -0.4 is 11.0 Å². The number of hydrogen-bond donors (Lipinski definition) is 3. The third-order valence-corrected chi connectivity index (χ3v) is 4.10. The number of carbonyl (C=O) groups excluding carboxylic acids is 4. The lowest BCUT2D eigenvalue weighted by molar-refractivity contribution is -0.136. The highest BCUT2D eigenvalue weighted by Gasteiger charge is 2.45. The summed E-state index contributed by atoms with van der Waals surface area (Å²) in [5.41, 5.74) is 0.340. The largest absolute Gasteiger partial charge is 0.323 e. The average Bonchev–Trinajstić information content (AvgIpc) is 2.98. The van der Waals surface area contributed by atoms with Crippen molar-refractivity contribution in [3.05, 3.63) is 33.7 Å². The maximum atomic E-state index is 12.7. The number of nitrogens with zero attached hydrogens (tertiary/aromatic N) is 1. The summed E-state index contributed by atoms with van der Waals surface area (Å²) in [7, 11) is 0. The zero-order valence-corrected chi connectivity index (χ0v) is 11.6. The van der Waals surface area contributed by atoms with Gasteiger partial charge in [0.2, 0.25) is 11.8 Å². The number of aromatic nitrogens is 2. The van der Waals surface area contributed by atoms with Crippen LogP contribution in [0.5, 0.6) is 0 Å². The molecule has 23 heavy (non-hydrogen) atoms. The second kappa shape index (κ2) is 4.38. The third-order valence-electron chi connectivity index (χ3n) is 4.10. The van der Waals surface area contributed by atoms with Crippen molar-refractivity contribution < 1.29 is 19.2 Å². The van der Waals surface area contributed by atoms with Crippen LogP contribution >= 0.6 is 0 Å². The number of rotatable bonds is 1. The van der Waals surface area contributed by atoms with Gasteiger partial charge in [-0.25, -0.2) is 4.79 Å². The highest BCUT2D eigenvalue weighted by Crippen LogP contribution is 2.31. The lowest BCUT2D eigenvalue weighted by atomic mass is 10.0. The second-order valence-electron chi connectivity index (χ2n) is 5.44. The lowest BCUT2D eigenvalue weighted by Crippen LogP contribution is -2.54. The smallest absolute Gasteiger partial charge is 0.306 e. The zero-order valence-electron chi connectivity index (χ0n) is 11.6. The van der Waals surface area contributed by atoms with E-state index in [1.54, 1.807) is 0 Å². The van der Waals surface area contributed by atoms with Gasteiger partial charge in [-0.1, -0.05) is 0 Å². The summed E-state index contributed by atoms with van der Waals surface area (Å²) in [6.45, 7) is 0. The van der Waals surface area contributed by atoms with Gasteiger partial charge < -0.3 is 9.97 Å². The monoisotopic (exact) mass is 314 g/mol. The highest BCUT2D eigenvalue weighted by atomic mass is 16.2. The van der Waals surface area contributed by atoms with Crippen molar-refractivity contribution in [3.63, 3.8) is 0 Å². The van der Waals surface area contributed by atoms with Crippen LogP contribution in [0, 0.1) is 0 Å². The van der Waals surface area contributed by atoms with Gasteiger partial charge in [-0.15, -0.1) is 0 Å². The molecule has 3 N–H and O–H groups in total. The van der Waals surface area contributed by atoms with Crippen LogP contribution in [0.2, 0.25) is 0 Å². The van der Waals surface area contributed by atoms with Crippen molar-refractivity contribution in [3.8, 4) is 0 Å². The molecule has 9 nitrogen and oxygen atoms in total. The van der Waals surface area contributed by atoms with Crippen molar-refractivity contribution in [2.45, 2.75) is 18.9 Å². The van der Waals surface area contributed by atoms with Gasteiger partial charge in [-0.2, -0.15) is 0 Å². The van der Waals surface area contributed by atoms with E-state index >= 15 is 0 Å². The molecular formula is C14H10N4O5. The Hall–Kier alpha value is -3.23. The summed E-state index contributed by atoms with van der Waals surface area (Å²) in [5, 5.41) is 2.13. The van der Waals surface area contributed by atoms with Crippen LogP contribution in [0.1, 0.15) is 33.6 Å². The number of amides is 4. The normalized spacial score (nSPS) is 21.0. The molecule has 1 unspecified atom stereocenters. The van der Waals surface area contributed by atoms with E-state index in [0.717, 1.165) is 4.90 Å². The van der Waals surface area contributed by atoms with Gasteiger partial charge in [-0.05, 0) is 18.6 Å². The first-order chi connectivity index (χ1) is 11.0. The molecule has 1 saturated heterocycles. The SMILES string of the molecule is O=C1CCC(N2C(=O)c3ccc4[nH]c(=O)[nH]c4c3C2=O)C(=O)N1. The fourth-order valence-corrected chi connectivity index (χ4v) is 3.06. The minimum atomic E-state index is -1.03. The number of benzene rings is 1. The molecule has 2 aromatic rings. The molecule has 0 saturated carbocycles. The first-order valence-corrected chi connectivity index (χ1v) is 6.94. The summed E-state index contributed by atoms with van der Waals surface area (Å²) in [5.74, 6) is -2.36. The molecule has 3 heterocycles. The third kappa shape index (κ3) is 1.76. The predicted molar refractivity (Wildman–Crippen MR) is 75.6 cm³/mol. The summed E-state index contributed by atoms with van der Waals surface area (Å²) in [4.78, 5) is 65.7. The highest BCUT2D eigenvalue weighted by molar-refractivity contribution is 6.27. The molecule has 0 spiro atoms. The van der Waals surface area contributed by atoms with Crippen molar-refractivity contribution in [2.75, 3.05) is 0 Å². The van der Waals surface area contributed by atoms with E-state index in [1.165, 1.54) is 12.1 Å². The molecule has 4 rings (SSSR count). The van der Waals surface area contributed by atoms with Crippen LogP contribution in [0.15, 0.2) is 16.9 Å². The van der Waals surface area contributed by atoms with Gasteiger partial charge in [-0.3, -0.25) is 29.4 Å². The molecular weight excluding hydrogens is 304 g/mol. The first kappa shape index (κ1) is 13.4. The maximum absolute atomic E-state index is 12.7. The molecule has 0 bridgehead atoms. The Morgan fingerprint density at radius 3 is 2.52 bits per heavy atom. The van der Waals surface area contributed by atoms with Gasteiger partial charge in [0.15, 0.2) is 0 Å². The summed E-state index contributed by atoms with van der Waals surface area (Å²) in [6.07, 6.45) is 0.142. The van der Waals surface area contributed by atoms with Gasteiger partial charge in [0.05, 0.1) is 22.2 Å². The van der Waals surface area contributed by atoms with Crippen LogP contribution in [-0.4, -0.2) is 44.5 Å². The van der Waals surface area contributed by atoms with Gasteiger partial charge in [0.25, 0.3) is 11.8 Å². The number of fused-ring (bicyclic) bond motifs is 3. The molecule has 1 aromatic carbocycles.